The van der Waals surface area contributed by atoms with Gasteiger partial charge in [0.25, 0.3) is 0 Å². The van der Waals surface area contributed by atoms with Crippen molar-refractivity contribution >= 4 is 24.0 Å². The minimum absolute atomic E-state index is 0.00967. The van der Waals surface area contributed by atoms with E-state index in [1.807, 2.05) is 32.0 Å². The van der Waals surface area contributed by atoms with Gasteiger partial charge in [-0.05, 0) is 37.1 Å². The number of carbonyl (C=O) groups is 1. The van der Waals surface area contributed by atoms with Crippen molar-refractivity contribution in [1.82, 2.24) is 24.7 Å². The Morgan fingerprint density at radius 2 is 1.79 bits per heavy atom. The lowest BCUT2D eigenvalue weighted by Gasteiger charge is -2.41. The summed E-state index contributed by atoms with van der Waals surface area (Å²) in [6, 6.07) is 13.8. The number of hydrogen-bond acceptors (Lipinski definition) is 6. The minimum atomic E-state index is -0.719. The highest BCUT2D eigenvalue weighted by atomic mass is 32.2. The van der Waals surface area contributed by atoms with Crippen LogP contribution in [0, 0.1) is 31.3 Å². The summed E-state index contributed by atoms with van der Waals surface area (Å²) in [7, 11) is 0. The van der Waals surface area contributed by atoms with Crippen LogP contribution in [-0.2, 0) is 5.75 Å². The second-order valence-electron chi connectivity index (χ2n) is 10.2. The van der Waals surface area contributed by atoms with Crippen molar-refractivity contribution in [2.24, 2.45) is 5.10 Å². The number of thioether (sulfide) groups is 1. The number of pyridine rings is 1. The number of nitrogens with zero attached hydrogens (tertiary/aromatic N) is 6. The van der Waals surface area contributed by atoms with Crippen molar-refractivity contribution in [3.8, 4) is 11.6 Å². The third-order valence-corrected chi connectivity index (χ3v) is 8.54. The van der Waals surface area contributed by atoms with E-state index in [0.29, 0.717) is 17.8 Å². The van der Waals surface area contributed by atoms with Gasteiger partial charge in [-0.15, -0.1) is 11.8 Å². The van der Waals surface area contributed by atoms with Crippen molar-refractivity contribution < 1.29 is 22.7 Å². The van der Waals surface area contributed by atoms with E-state index in [2.05, 4.69) is 27.3 Å². The Morgan fingerprint density at radius 1 is 1.05 bits per heavy atom. The topological polar surface area (TPSA) is 75.8 Å². The fraction of sp³-hybridized carbons (Fsp3) is 0.267. The summed E-state index contributed by atoms with van der Waals surface area (Å²) < 4.78 is 49.8. The molecule has 0 bridgehead atoms. The van der Waals surface area contributed by atoms with Crippen LogP contribution in [0.1, 0.15) is 35.0 Å². The van der Waals surface area contributed by atoms with Crippen LogP contribution in [0.5, 0.6) is 5.75 Å². The van der Waals surface area contributed by atoms with E-state index in [1.54, 1.807) is 16.4 Å². The molecule has 0 N–H and O–H groups in total. The molecule has 6 rings (SSSR count). The van der Waals surface area contributed by atoms with Gasteiger partial charge in [0.05, 0.1) is 41.6 Å². The molecule has 2 amide bonds. The van der Waals surface area contributed by atoms with Crippen molar-refractivity contribution in [3.05, 3.63) is 101 Å². The number of rotatable bonds is 7. The zero-order chi connectivity index (χ0) is 29.4. The molecule has 1 atom stereocenters. The van der Waals surface area contributed by atoms with Gasteiger partial charge < -0.3 is 9.64 Å². The Balaban J connectivity index is 1.11. The highest BCUT2D eigenvalue weighted by molar-refractivity contribution is 7.98. The van der Waals surface area contributed by atoms with Gasteiger partial charge in [-0.3, -0.25) is 0 Å². The van der Waals surface area contributed by atoms with Crippen LogP contribution >= 0.6 is 11.8 Å². The smallest absolute Gasteiger partial charge is 0.341 e. The first-order chi connectivity index (χ1) is 20.3. The molecule has 1 unspecified atom stereocenters. The monoisotopic (exact) mass is 592 g/mol. The molecule has 2 aliphatic rings. The molecule has 2 aromatic carbocycles. The first-order valence-electron chi connectivity index (χ1n) is 13.4. The molecular formula is C30H27F3N6O2S. The Bertz CT molecular complexity index is 1640. The molecule has 0 aliphatic carbocycles. The van der Waals surface area contributed by atoms with Gasteiger partial charge in [0.15, 0.2) is 17.4 Å². The summed E-state index contributed by atoms with van der Waals surface area (Å²) in [5.74, 6) is -0.844. The van der Waals surface area contributed by atoms with E-state index < -0.39 is 35.6 Å². The van der Waals surface area contributed by atoms with Crippen LogP contribution in [-0.4, -0.2) is 56.1 Å². The van der Waals surface area contributed by atoms with Crippen LogP contribution in [0.2, 0.25) is 0 Å². The van der Waals surface area contributed by atoms with Gasteiger partial charge in [0, 0.05) is 30.5 Å². The van der Waals surface area contributed by atoms with Gasteiger partial charge in [0.2, 0.25) is 0 Å². The largest absolute Gasteiger partial charge is 0.483 e. The standard InChI is InChI=1S/C30H27F3N6O2S/c1-18-29(42-17-20-6-4-3-5-7-20)19(2)38(36-18)28-13-27(25(33)14-34-28)41-24-15-37(16-24)30(40)39-26(8-9-35-39)21-10-22(31)12-23(32)11-21/h3-7,9-14,24,26H,8,15-17H2,1-2H3. The average Bonchev–Trinajstić information content (AvgIpc) is 3.54. The van der Waals surface area contributed by atoms with Crippen LogP contribution in [0.4, 0.5) is 18.0 Å². The molecule has 4 heterocycles. The highest BCUT2D eigenvalue weighted by Crippen LogP contribution is 2.33. The molecule has 1 fully saturated rings. The number of hydrogen-bond donors (Lipinski definition) is 0. The van der Waals surface area contributed by atoms with Gasteiger partial charge in [-0.1, -0.05) is 30.3 Å². The van der Waals surface area contributed by atoms with Crippen molar-refractivity contribution in [2.45, 2.75) is 43.1 Å². The molecule has 0 spiro atoms. The maximum atomic E-state index is 14.7. The molecule has 42 heavy (non-hydrogen) atoms. The summed E-state index contributed by atoms with van der Waals surface area (Å²) in [6.45, 7) is 4.27. The van der Waals surface area contributed by atoms with E-state index >= 15 is 0 Å². The number of aryl methyl sites for hydroxylation is 1. The number of benzene rings is 2. The first kappa shape index (κ1) is 27.8. The van der Waals surface area contributed by atoms with Crippen molar-refractivity contribution in [2.75, 3.05) is 13.1 Å². The lowest BCUT2D eigenvalue weighted by atomic mass is 10.0. The normalized spacial score (nSPS) is 16.6. The van der Waals surface area contributed by atoms with Crippen LogP contribution in [0.15, 0.2) is 70.8 Å². The zero-order valence-electron chi connectivity index (χ0n) is 22.9. The predicted octanol–water partition coefficient (Wildman–Crippen LogP) is 6.21. The molecule has 216 valence electrons. The number of amides is 2. The Morgan fingerprint density at radius 3 is 2.52 bits per heavy atom. The number of likely N-dealkylation sites (tertiary alicyclic amines) is 1. The number of ether oxygens (including phenoxy) is 1. The number of halogens is 3. The number of hydrazone groups is 1. The SMILES string of the molecule is Cc1nn(-c2cc(OC3CN(C(=O)N4N=CCC4c4cc(F)cc(F)c4)C3)c(F)cn2)c(C)c1SCc1ccccc1. The van der Waals surface area contributed by atoms with Crippen LogP contribution in [0.25, 0.3) is 5.82 Å². The quantitative estimate of drug-likeness (QED) is 0.239. The Kier molecular flexibility index (Phi) is 7.63. The fourth-order valence-electron chi connectivity index (χ4n) is 5.04. The average molecular weight is 593 g/mol. The van der Waals surface area contributed by atoms with E-state index in [9.17, 15) is 18.0 Å². The summed E-state index contributed by atoms with van der Waals surface area (Å²) in [4.78, 5) is 19.9. The zero-order valence-corrected chi connectivity index (χ0v) is 23.7. The molecular weight excluding hydrogens is 565 g/mol. The van der Waals surface area contributed by atoms with E-state index in [-0.39, 0.29) is 18.8 Å². The van der Waals surface area contributed by atoms with E-state index in [1.165, 1.54) is 39.9 Å². The summed E-state index contributed by atoms with van der Waals surface area (Å²) in [5.41, 5.74) is 3.26. The molecule has 1 saturated heterocycles. The molecule has 8 nitrogen and oxygen atoms in total. The van der Waals surface area contributed by atoms with E-state index in [4.69, 9.17) is 4.74 Å². The predicted molar refractivity (Wildman–Crippen MR) is 152 cm³/mol. The molecule has 2 aromatic heterocycles. The maximum Gasteiger partial charge on any atom is 0.341 e. The van der Waals surface area contributed by atoms with Gasteiger partial charge >= 0.3 is 6.03 Å². The summed E-state index contributed by atoms with van der Waals surface area (Å²) in [6.07, 6.45) is 2.53. The second kappa shape index (κ2) is 11.5. The molecule has 12 heteroatoms. The molecule has 2 aliphatic heterocycles. The molecule has 0 saturated carbocycles. The lowest BCUT2D eigenvalue weighted by molar-refractivity contribution is 0.0256. The Hall–Kier alpha value is -4.32. The third-order valence-electron chi connectivity index (χ3n) is 7.18. The lowest BCUT2D eigenvalue weighted by Crippen LogP contribution is -2.58. The molecule has 0 radical (unpaired) electrons. The summed E-state index contributed by atoms with van der Waals surface area (Å²) in [5, 5.41) is 9.97. The Labute approximate surface area is 244 Å². The number of urea groups is 1. The summed E-state index contributed by atoms with van der Waals surface area (Å²) >= 11 is 1.68. The van der Waals surface area contributed by atoms with Gasteiger partial charge in [-0.25, -0.2) is 32.6 Å². The van der Waals surface area contributed by atoms with Crippen LogP contribution in [0.3, 0.4) is 0 Å². The number of aromatic nitrogens is 3. The van der Waals surface area contributed by atoms with Crippen LogP contribution < -0.4 is 4.74 Å². The fourth-order valence-corrected chi connectivity index (χ4v) is 6.09. The first-order valence-corrected chi connectivity index (χ1v) is 14.4. The van der Waals surface area contributed by atoms with Crippen molar-refractivity contribution in [3.63, 3.8) is 0 Å². The second-order valence-corrected chi connectivity index (χ2v) is 11.2. The van der Waals surface area contributed by atoms with Gasteiger partial charge in [-0.2, -0.15) is 10.2 Å². The van der Waals surface area contributed by atoms with Gasteiger partial charge in [0.1, 0.15) is 17.7 Å². The third kappa shape index (κ3) is 5.58. The highest BCUT2D eigenvalue weighted by Gasteiger charge is 2.39. The number of carbonyl (C=O) groups excluding carboxylic acids is 1. The molecule has 4 aromatic rings. The van der Waals surface area contributed by atoms with E-state index in [0.717, 1.165) is 34.3 Å². The maximum absolute atomic E-state index is 14.7. The van der Waals surface area contributed by atoms with Crippen molar-refractivity contribution in [1.29, 1.82) is 0 Å². The minimum Gasteiger partial charge on any atom is -0.483 e.